The van der Waals surface area contributed by atoms with Crippen LogP contribution in [-0.2, 0) is 42.7 Å². The van der Waals surface area contributed by atoms with E-state index in [1.54, 1.807) is 0 Å². The lowest BCUT2D eigenvalue weighted by molar-refractivity contribution is -0.141. The van der Waals surface area contributed by atoms with Crippen molar-refractivity contribution in [1.29, 1.82) is 0 Å². The van der Waals surface area contributed by atoms with E-state index in [0.29, 0.717) is 23.4 Å². The van der Waals surface area contributed by atoms with E-state index in [-0.39, 0.29) is 24.8 Å². The zero-order valence-corrected chi connectivity index (χ0v) is 29.5. The van der Waals surface area contributed by atoms with Crippen LogP contribution in [0.4, 0.5) is 0 Å². The van der Waals surface area contributed by atoms with Crippen LogP contribution in [0, 0.1) is 13.8 Å². The lowest BCUT2D eigenvalue weighted by Gasteiger charge is -2.23. The summed E-state index contributed by atoms with van der Waals surface area (Å²) in [5, 5.41) is 0. The second-order valence-corrected chi connectivity index (χ2v) is 13.5. The maximum atomic E-state index is 12.3. The molecule has 2 aliphatic rings. The first-order valence-electron chi connectivity index (χ1n) is 15.8. The van der Waals surface area contributed by atoms with E-state index in [4.69, 9.17) is 43.9 Å². The van der Waals surface area contributed by atoms with Gasteiger partial charge in [0.05, 0.1) is 46.7 Å². The smallest absolute Gasteiger partial charge is 0.305 e. The Hall–Kier alpha value is -3.76. The van der Waals surface area contributed by atoms with E-state index in [1.807, 2.05) is 19.9 Å². The minimum atomic E-state index is -0.691. The van der Waals surface area contributed by atoms with Crippen LogP contribution >= 0.6 is 24.4 Å². The fourth-order valence-corrected chi connectivity index (χ4v) is 7.23. The van der Waals surface area contributed by atoms with Gasteiger partial charge in [0.25, 0.3) is 0 Å². The summed E-state index contributed by atoms with van der Waals surface area (Å²) in [4.78, 5) is 43.5. The van der Waals surface area contributed by atoms with Crippen molar-refractivity contribution in [2.24, 2.45) is 0 Å². The van der Waals surface area contributed by atoms with Gasteiger partial charge in [0.15, 0.2) is 0 Å². The molecule has 0 amide bonds. The minimum absolute atomic E-state index is 0.202. The number of carbonyl (C=O) groups is 2. The van der Waals surface area contributed by atoms with Crippen molar-refractivity contribution < 1.29 is 19.1 Å². The molecule has 2 atom stereocenters. The number of hydrogen-bond donors (Lipinski definition) is 2. The van der Waals surface area contributed by atoms with Crippen LogP contribution in [0.25, 0.3) is 22.1 Å². The highest BCUT2D eigenvalue weighted by Crippen LogP contribution is 2.39. The Bertz CT molecular complexity index is 1940. The molecule has 8 bridgehead atoms. The standard InChI is InChI=1S/C36H42N4O4S2/c1-9-21-19(3)23-18-30-36(6,14-13-32(42)44-8)34(46)28(40-30)16-26-22(11-12-31(41)43-7)20(4)24(38-26)17-29-35(5,10-2)33(45)27(39-29)15-25(21)37-23/h15-18,37-38H,9-14H2,1-8H3. The monoisotopic (exact) mass is 658 g/mol. The summed E-state index contributed by atoms with van der Waals surface area (Å²) in [5.41, 5.74) is 9.87. The van der Waals surface area contributed by atoms with E-state index in [2.05, 4.69) is 55.9 Å². The van der Waals surface area contributed by atoms with Gasteiger partial charge in [-0.05, 0) is 99.9 Å². The molecule has 0 radical (unpaired) electrons. The van der Waals surface area contributed by atoms with Gasteiger partial charge in [0, 0.05) is 45.7 Å². The fraction of sp³-hybridized carbons (Fsp3) is 0.444. The third-order valence-corrected chi connectivity index (χ3v) is 11.4. The number of H-pyrrole nitrogens is 2. The Labute approximate surface area is 280 Å². The van der Waals surface area contributed by atoms with Crippen molar-refractivity contribution in [1.82, 2.24) is 19.9 Å². The Balaban J connectivity index is 1.91. The molecule has 0 aliphatic carbocycles. The molecular weight excluding hydrogens is 617 g/mol. The maximum Gasteiger partial charge on any atom is 0.305 e. The fourth-order valence-electron chi connectivity index (χ4n) is 6.57. The van der Waals surface area contributed by atoms with Crippen molar-refractivity contribution in [3.8, 4) is 0 Å². The molecule has 2 N–H and O–H groups in total. The van der Waals surface area contributed by atoms with E-state index in [1.165, 1.54) is 19.8 Å². The number of hydrogen-bond acceptors (Lipinski definition) is 8. The molecule has 10 heteroatoms. The summed E-state index contributed by atoms with van der Waals surface area (Å²) in [7, 11) is 2.79. The maximum absolute atomic E-state index is 12.3. The van der Waals surface area contributed by atoms with Crippen LogP contribution in [0.15, 0.2) is 24.3 Å². The summed E-state index contributed by atoms with van der Waals surface area (Å²) in [5.74, 6) is -0.579. The number of carbonyl (C=O) groups excluding carboxylic acids is 2. The van der Waals surface area contributed by atoms with E-state index >= 15 is 0 Å². The average Bonchev–Trinajstić information content (AvgIpc) is 3.66. The second-order valence-electron chi connectivity index (χ2n) is 12.6. The third kappa shape index (κ3) is 5.70. The van der Waals surface area contributed by atoms with Crippen LogP contribution < -0.4 is 0 Å². The number of esters is 2. The zero-order chi connectivity index (χ0) is 33.6. The molecule has 0 fully saturated rings. The molecule has 0 saturated carbocycles. The lowest BCUT2D eigenvalue weighted by atomic mass is 9.79. The van der Waals surface area contributed by atoms with Gasteiger partial charge in [-0.3, -0.25) is 19.6 Å². The largest absolute Gasteiger partial charge is 0.469 e. The lowest BCUT2D eigenvalue weighted by Crippen LogP contribution is -2.28. The van der Waals surface area contributed by atoms with Gasteiger partial charge in [-0.2, -0.15) is 0 Å². The number of aromatic amines is 2. The number of thiocarbonyl (C=S) groups is 2. The Morgan fingerprint density at radius 3 is 1.74 bits per heavy atom. The van der Waals surface area contributed by atoms with E-state index in [9.17, 15) is 9.59 Å². The molecule has 5 heterocycles. The first kappa shape index (κ1) is 33.6. The molecule has 0 saturated heterocycles. The normalized spacial score (nSPS) is 19.4. The molecule has 8 nitrogen and oxygen atoms in total. The molecule has 2 unspecified atom stereocenters. The summed E-state index contributed by atoms with van der Waals surface area (Å²) in [6, 6.07) is 8.19. The van der Waals surface area contributed by atoms with Gasteiger partial charge in [0.1, 0.15) is 0 Å². The van der Waals surface area contributed by atoms with Crippen molar-refractivity contribution in [3.63, 3.8) is 0 Å². The predicted octanol–water partition coefficient (Wildman–Crippen LogP) is 7.31. The summed E-state index contributed by atoms with van der Waals surface area (Å²) in [6.45, 7) is 12.6. The van der Waals surface area contributed by atoms with Gasteiger partial charge < -0.3 is 19.4 Å². The van der Waals surface area contributed by atoms with Crippen LogP contribution in [0.1, 0.15) is 98.4 Å². The molecule has 2 aliphatic heterocycles. The van der Waals surface area contributed by atoms with Crippen LogP contribution in [0.3, 0.4) is 0 Å². The van der Waals surface area contributed by atoms with Gasteiger partial charge in [-0.1, -0.05) is 38.3 Å². The first-order chi connectivity index (χ1) is 21.8. The number of nitrogens with one attached hydrogen (secondary N) is 2. The number of aromatic nitrogens is 4. The molecule has 3 aromatic heterocycles. The molecule has 3 aromatic rings. The van der Waals surface area contributed by atoms with E-state index in [0.717, 1.165) is 73.5 Å². The number of rotatable bonds is 8. The van der Waals surface area contributed by atoms with Gasteiger partial charge in [-0.15, -0.1) is 0 Å². The summed E-state index contributed by atoms with van der Waals surface area (Å²) < 4.78 is 9.94. The Morgan fingerprint density at radius 1 is 0.739 bits per heavy atom. The quantitative estimate of drug-likeness (QED) is 0.192. The Morgan fingerprint density at radius 2 is 1.22 bits per heavy atom. The summed E-state index contributed by atoms with van der Waals surface area (Å²) in [6.07, 6.45) is 2.97. The highest BCUT2D eigenvalue weighted by Gasteiger charge is 2.40. The van der Waals surface area contributed by atoms with Crippen molar-refractivity contribution in [2.45, 2.75) is 90.9 Å². The second kappa shape index (κ2) is 12.8. The van der Waals surface area contributed by atoms with Gasteiger partial charge in [0.2, 0.25) is 0 Å². The number of ether oxygens (including phenoxy) is 2. The van der Waals surface area contributed by atoms with Crippen LogP contribution in [-0.4, -0.2) is 55.8 Å². The SMILES string of the molecule is CCc1c(C)c2cc3nc(cc4[nH]c(cc5nc(cc1[nH]2)C(=S)C5(C)CC)c(C)c4CCC(=O)OC)C(=S)C3(C)CCC(=O)OC. The molecular formula is C36H42N4O4S2. The average molecular weight is 659 g/mol. The minimum Gasteiger partial charge on any atom is -0.469 e. The highest BCUT2D eigenvalue weighted by molar-refractivity contribution is 7.81. The predicted molar refractivity (Wildman–Crippen MR) is 190 cm³/mol. The number of aryl methyl sites for hydroxylation is 4. The molecule has 242 valence electrons. The van der Waals surface area contributed by atoms with Crippen LogP contribution in [0.5, 0.6) is 0 Å². The molecule has 5 rings (SSSR count). The van der Waals surface area contributed by atoms with Gasteiger partial charge >= 0.3 is 11.9 Å². The van der Waals surface area contributed by atoms with Crippen molar-refractivity contribution >= 4 is 68.2 Å². The number of nitrogens with zero attached hydrogens (tertiary/aromatic N) is 2. The highest BCUT2D eigenvalue weighted by atomic mass is 32.1. The Kier molecular flexibility index (Phi) is 9.35. The molecule has 0 aromatic carbocycles. The van der Waals surface area contributed by atoms with Crippen molar-refractivity contribution in [3.05, 3.63) is 69.3 Å². The molecule has 0 spiro atoms. The number of fused-ring (bicyclic) bond motifs is 8. The summed E-state index contributed by atoms with van der Waals surface area (Å²) >= 11 is 12.2. The zero-order valence-electron chi connectivity index (χ0n) is 27.9. The molecule has 46 heavy (non-hydrogen) atoms. The third-order valence-electron chi connectivity index (χ3n) is 10.0. The first-order valence-corrected chi connectivity index (χ1v) is 16.6. The number of methoxy groups -OCH3 is 2. The van der Waals surface area contributed by atoms with E-state index < -0.39 is 10.8 Å². The van der Waals surface area contributed by atoms with Crippen molar-refractivity contribution in [2.75, 3.05) is 14.2 Å². The topological polar surface area (TPSA) is 110 Å². The van der Waals surface area contributed by atoms with Crippen LogP contribution in [0.2, 0.25) is 0 Å². The van der Waals surface area contributed by atoms with Gasteiger partial charge in [-0.25, -0.2) is 0 Å².